The van der Waals surface area contributed by atoms with E-state index in [1.165, 1.54) is 0 Å². The van der Waals surface area contributed by atoms with E-state index in [1.54, 1.807) is 12.1 Å². The number of carbonyl (C=O) groups excluding carboxylic acids is 1. The van der Waals surface area contributed by atoms with Crippen molar-refractivity contribution in [1.82, 2.24) is 5.32 Å². The van der Waals surface area contributed by atoms with Gasteiger partial charge >= 0.3 is 0 Å². The Morgan fingerprint density at radius 3 is 2.34 bits per heavy atom. The van der Waals surface area contributed by atoms with E-state index < -0.39 is 0 Å². The standard InChI is InChI=1S/C23H23N3O2S/c1-2-28-21-13-11-19(12-14-21)25-23(29)26-20-10-6-9-18(15-20)22(27)24-16-17-7-4-3-5-8-17/h3-15H,2,16H2,1H3,(H,24,27)(H2,25,26,29). The van der Waals surface area contributed by atoms with Crippen LogP contribution in [0.2, 0.25) is 0 Å². The number of carbonyl (C=O) groups is 1. The molecule has 3 aromatic rings. The summed E-state index contributed by atoms with van der Waals surface area (Å²) < 4.78 is 5.43. The Balaban J connectivity index is 1.55. The van der Waals surface area contributed by atoms with Gasteiger partial charge in [0.2, 0.25) is 0 Å². The van der Waals surface area contributed by atoms with Crippen LogP contribution < -0.4 is 20.7 Å². The second-order valence-electron chi connectivity index (χ2n) is 6.29. The maximum Gasteiger partial charge on any atom is 0.251 e. The molecule has 3 N–H and O–H groups in total. The molecule has 0 heterocycles. The third kappa shape index (κ3) is 6.33. The molecule has 0 spiro atoms. The van der Waals surface area contributed by atoms with Crippen LogP contribution in [-0.2, 0) is 6.54 Å². The van der Waals surface area contributed by atoms with E-state index in [1.807, 2.05) is 73.7 Å². The molecule has 6 heteroatoms. The Morgan fingerprint density at radius 1 is 0.897 bits per heavy atom. The van der Waals surface area contributed by atoms with Gasteiger partial charge in [0.1, 0.15) is 5.75 Å². The average molecular weight is 406 g/mol. The molecule has 0 bridgehead atoms. The van der Waals surface area contributed by atoms with Crippen LogP contribution in [-0.4, -0.2) is 17.6 Å². The van der Waals surface area contributed by atoms with Crippen molar-refractivity contribution in [1.29, 1.82) is 0 Å². The summed E-state index contributed by atoms with van der Waals surface area (Å²) >= 11 is 5.37. The number of thiocarbonyl (C=S) groups is 1. The predicted molar refractivity (Wildman–Crippen MR) is 122 cm³/mol. The lowest BCUT2D eigenvalue weighted by molar-refractivity contribution is 0.0951. The van der Waals surface area contributed by atoms with Gasteiger partial charge in [0, 0.05) is 23.5 Å². The number of hydrogen-bond donors (Lipinski definition) is 3. The molecule has 148 valence electrons. The van der Waals surface area contributed by atoms with Crippen molar-refractivity contribution in [2.24, 2.45) is 0 Å². The highest BCUT2D eigenvalue weighted by molar-refractivity contribution is 7.80. The molecule has 3 rings (SSSR count). The lowest BCUT2D eigenvalue weighted by Crippen LogP contribution is -2.23. The first-order valence-electron chi connectivity index (χ1n) is 9.37. The predicted octanol–water partition coefficient (Wildman–Crippen LogP) is 4.82. The lowest BCUT2D eigenvalue weighted by Gasteiger charge is -2.12. The van der Waals surface area contributed by atoms with Crippen LogP contribution in [0.15, 0.2) is 78.9 Å². The lowest BCUT2D eigenvalue weighted by atomic mass is 10.1. The second-order valence-corrected chi connectivity index (χ2v) is 6.69. The molecule has 0 unspecified atom stereocenters. The van der Waals surface area contributed by atoms with E-state index in [2.05, 4.69) is 16.0 Å². The van der Waals surface area contributed by atoms with Gasteiger partial charge in [0.15, 0.2) is 5.11 Å². The number of ether oxygens (including phenoxy) is 1. The Bertz CT molecular complexity index is 959. The monoisotopic (exact) mass is 405 g/mol. The van der Waals surface area contributed by atoms with Crippen molar-refractivity contribution >= 4 is 34.6 Å². The van der Waals surface area contributed by atoms with Crippen molar-refractivity contribution in [3.8, 4) is 5.75 Å². The van der Waals surface area contributed by atoms with Gasteiger partial charge in [-0.3, -0.25) is 4.79 Å². The Morgan fingerprint density at radius 2 is 1.62 bits per heavy atom. The van der Waals surface area contributed by atoms with E-state index in [0.29, 0.717) is 23.8 Å². The highest BCUT2D eigenvalue weighted by atomic mass is 32.1. The number of hydrogen-bond acceptors (Lipinski definition) is 3. The fourth-order valence-corrected chi connectivity index (χ4v) is 2.95. The van der Waals surface area contributed by atoms with Crippen LogP contribution in [0, 0.1) is 0 Å². The Hall–Kier alpha value is -3.38. The summed E-state index contributed by atoms with van der Waals surface area (Å²) in [5.74, 6) is 0.675. The maximum atomic E-state index is 12.4. The van der Waals surface area contributed by atoms with Crippen LogP contribution in [0.3, 0.4) is 0 Å². The zero-order valence-corrected chi connectivity index (χ0v) is 17.0. The smallest absolute Gasteiger partial charge is 0.251 e. The highest BCUT2D eigenvalue weighted by Gasteiger charge is 2.07. The van der Waals surface area contributed by atoms with E-state index in [4.69, 9.17) is 17.0 Å². The van der Waals surface area contributed by atoms with E-state index in [-0.39, 0.29) is 5.91 Å². The van der Waals surface area contributed by atoms with Crippen molar-refractivity contribution in [2.75, 3.05) is 17.2 Å². The minimum atomic E-state index is -0.136. The fraction of sp³-hybridized carbons (Fsp3) is 0.130. The summed E-state index contributed by atoms with van der Waals surface area (Å²) in [5, 5.41) is 9.59. The van der Waals surface area contributed by atoms with Gasteiger partial charge in [0.25, 0.3) is 5.91 Å². The first-order chi connectivity index (χ1) is 14.1. The van der Waals surface area contributed by atoms with Gasteiger partial charge in [-0.25, -0.2) is 0 Å². The molecular weight excluding hydrogens is 382 g/mol. The summed E-state index contributed by atoms with van der Waals surface area (Å²) in [6.45, 7) is 3.05. The van der Waals surface area contributed by atoms with E-state index >= 15 is 0 Å². The number of rotatable bonds is 7. The van der Waals surface area contributed by atoms with E-state index in [9.17, 15) is 4.79 Å². The molecule has 0 saturated carbocycles. The van der Waals surface area contributed by atoms with Gasteiger partial charge in [-0.2, -0.15) is 0 Å². The molecule has 0 saturated heterocycles. The fourth-order valence-electron chi connectivity index (χ4n) is 2.71. The Labute approximate surface area is 176 Å². The minimum absolute atomic E-state index is 0.136. The number of amides is 1. The third-order valence-corrected chi connectivity index (χ3v) is 4.31. The van der Waals surface area contributed by atoms with Gasteiger partial charge in [-0.05, 0) is 67.2 Å². The van der Waals surface area contributed by atoms with Crippen molar-refractivity contribution in [2.45, 2.75) is 13.5 Å². The van der Waals surface area contributed by atoms with Crippen LogP contribution in [0.5, 0.6) is 5.75 Å². The first kappa shape index (κ1) is 20.4. The number of benzene rings is 3. The normalized spacial score (nSPS) is 10.1. The minimum Gasteiger partial charge on any atom is -0.494 e. The largest absolute Gasteiger partial charge is 0.494 e. The summed E-state index contributed by atoms with van der Waals surface area (Å²) in [4.78, 5) is 12.4. The highest BCUT2D eigenvalue weighted by Crippen LogP contribution is 2.17. The summed E-state index contributed by atoms with van der Waals surface area (Å²) in [6, 6.07) is 24.6. The van der Waals surface area contributed by atoms with Gasteiger partial charge in [-0.1, -0.05) is 36.4 Å². The molecule has 0 fully saturated rings. The van der Waals surface area contributed by atoms with Crippen LogP contribution >= 0.6 is 12.2 Å². The topological polar surface area (TPSA) is 62.4 Å². The molecule has 0 aliphatic carbocycles. The molecule has 1 amide bonds. The van der Waals surface area contributed by atoms with E-state index in [0.717, 1.165) is 22.7 Å². The van der Waals surface area contributed by atoms with Crippen LogP contribution in [0.1, 0.15) is 22.8 Å². The second kappa shape index (κ2) is 10.2. The zero-order valence-electron chi connectivity index (χ0n) is 16.1. The molecule has 3 aromatic carbocycles. The molecule has 5 nitrogen and oxygen atoms in total. The zero-order chi connectivity index (χ0) is 20.5. The third-order valence-electron chi connectivity index (χ3n) is 4.10. The summed E-state index contributed by atoms with van der Waals surface area (Å²) in [7, 11) is 0. The van der Waals surface area contributed by atoms with Crippen LogP contribution in [0.25, 0.3) is 0 Å². The summed E-state index contributed by atoms with van der Waals surface area (Å²) in [5.41, 5.74) is 3.20. The van der Waals surface area contributed by atoms with Crippen LogP contribution in [0.4, 0.5) is 11.4 Å². The molecule has 0 aliphatic rings. The SMILES string of the molecule is CCOc1ccc(NC(=S)Nc2cccc(C(=O)NCc3ccccc3)c2)cc1. The van der Waals surface area contributed by atoms with Gasteiger partial charge in [-0.15, -0.1) is 0 Å². The number of anilines is 2. The van der Waals surface area contributed by atoms with Crippen molar-refractivity contribution in [3.05, 3.63) is 90.0 Å². The first-order valence-corrected chi connectivity index (χ1v) is 9.78. The molecule has 29 heavy (non-hydrogen) atoms. The Kier molecular flexibility index (Phi) is 7.19. The molecule has 0 aliphatic heterocycles. The molecular formula is C23H23N3O2S. The number of nitrogens with one attached hydrogen (secondary N) is 3. The van der Waals surface area contributed by atoms with Gasteiger partial charge < -0.3 is 20.7 Å². The molecule has 0 radical (unpaired) electrons. The summed E-state index contributed by atoms with van der Waals surface area (Å²) in [6.07, 6.45) is 0. The average Bonchev–Trinajstić information content (AvgIpc) is 2.74. The molecule has 0 atom stereocenters. The quantitative estimate of drug-likeness (QED) is 0.492. The maximum absolute atomic E-state index is 12.4. The van der Waals surface area contributed by atoms with Gasteiger partial charge in [0.05, 0.1) is 6.61 Å². The van der Waals surface area contributed by atoms with Crippen molar-refractivity contribution in [3.63, 3.8) is 0 Å². The van der Waals surface area contributed by atoms with Crippen molar-refractivity contribution < 1.29 is 9.53 Å². The molecule has 0 aromatic heterocycles.